The second kappa shape index (κ2) is 3.83. The number of aliphatic hydroxyl groups excluding tert-OH is 1. The Morgan fingerprint density at radius 3 is 2.87 bits per heavy atom. The molecule has 0 amide bonds. The van der Waals surface area contributed by atoms with Crippen LogP contribution in [0.1, 0.15) is 6.92 Å². The molecule has 4 heteroatoms. The lowest BCUT2D eigenvalue weighted by molar-refractivity contribution is 0.175. The van der Waals surface area contributed by atoms with Gasteiger partial charge in [-0.3, -0.25) is 0 Å². The van der Waals surface area contributed by atoms with Crippen LogP contribution in [-0.4, -0.2) is 15.8 Å². The van der Waals surface area contributed by atoms with E-state index in [0.717, 1.165) is 5.39 Å². The van der Waals surface area contributed by atoms with Gasteiger partial charge in [-0.15, -0.1) is 0 Å². The summed E-state index contributed by atoms with van der Waals surface area (Å²) in [6.45, 7) is 2.09. The van der Waals surface area contributed by atoms with Gasteiger partial charge in [-0.25, -0.2) is 4.39 Å². The summed E-state index contributed by atoms with van der Waals surface area (Å²) in [6.07, 6.45) is 1.31. The summed E-state index contributed by atoms with van der Waals surface area (Å²) >= 11 is 5.88. The van der Waals surface area contributed by atoms with Crippen molar-refractivity contribution in [1.82, 2.24) is 4.57 Å². The monoisotopic (exact) mass is 227 g/mol. The summed E-state index contributed by atoms with van der Waals surface area (Å²) in [5.74, 6) is -0.435. The molecule has 2 rings (SSSR count). The molecule has 0 aliphatic heterocycles. The van der Waals surface area contributed by atoms with Crippen molar-refractivity contribution in [3.05, 3.63) is 35.2 Å². The number of aliphatic hydroxyl groups is 1. The predicted molar refractivity (Wildman–Crippen MR) is 58.6 cm³/mol. The summed E-state index contributed by atoms with van der Waals surface area (Å²) in [6, 6.07) is 4.87. The third-order valence-corrected chi connectivity index (χ3v) is 2.64. The number of rotatable bonds is 2. The number of nitrogens with zero attached hydrogens (tertiary/aromatic N) is 1. The zero-order valence-electron chi connectivity index (χ0n) is 8.24. The van der Waals surface area contributed by atoms with Crippen molar-refractivity contribution in [2.45, 2.75) is 19.6 Å². The van der Waals surface area contributed by atoms with Crippen LogP contribution >= 0.6 is 11.6 Å². The maximum Gasteiger partial charge on any atom is 0.143 e. The van der Waals surface area contributed by atoms with Crippen molar-refractivity contribution in [2.24, 2.45) is 0 Å². The van der Waals surface area contributed by atoms with Crippen LogP contribution in [0.2, 0.25) is 5.02 Å². The largest absolute Gasteiger partial charge is 0.392 e. The van der Waals surface area contributed by atoms with Crippen molar-refractivity contribution < 1.29 is 9.50 Å². The molecular weight excluding hydrogens is 217 g/mol. The van der Waals surface area contributed by atoms with E-state index in [1.807, 2.05) is 6.07 Å². The molecule has 2 nitrogen and oxygen atoms in total. The number of halogens is 2. The number of benzene rings is 1. The minimum absolute atomic E-state index is 0.109. The second-order valence-electron chi connectivity index (χ2n) is 3.62. The Balaban J connectivity index is 2.61. The van der Waals surface area contributed by atoms with E-state index in [-0.39, 0.29) is 5.02 Å². The molecule has 1 atom stereocenters. The van der Waals surface area contributed by atoms with Crippen molar-refractivity contribution in [2.75, 3.05) is 0 Å². The van der Waals surface area contributed by atoms with Gasteiger partial charge in [0, 0.05) is 18.1 Å². The Hall–Kier alpha value is -1.06. The molecule has 0 bridgehead atoms. The molecule has 0 fully saturated rings. The van der Waals surface area contributed by atoms with Gasteiger partial charge in [-0.2, -0.15) is 0 Å². The first kappa shape index (κ1) is 10.5. The fourth-order valence-corrected chi connectivity index (χ4v) is 1.94. The van der Waals surface area contributed by atoms with Crippen molar-refractivity contribution in [3.63, 3.8) is 0 Å². The molecule has 15 heavy (non-hydrogen) atoms. The molecule has 1 N–H and O–H groups in total. The summed E-state index contributed by atoms with van der Waals surface area (Å²) in [5.41, 5.74) is 0.637. The minimum Gasteiger partial charge on any atom is -0.392 e. The standard InChI is InChI=1S/C11H11ClFNO/c1-7(15)6-14-5-4-8-2-3-9(13)10(12)11(8)14/h2-5,7,15H,6H2,1H3. The highest BCUT2D eigenvalue weighted by Crippen LogP contribution is 2.27. The highest BCUT2D eigenvalue weighted by molar-refractivity contribution is 6.35. The molecule has 1 aromatic heterocycles. The van der Waals surface area contributed by atoms with Gasteiger partial charge in [0.1, 0.15) is 10.8 Å². The molecule has 1 heterocycles. The van der Waals surface area contributed by atoms with Crippen LogP contribution in [0.5, 0.6) is 0 Å². The molecule has 0 saturated heterocycles. The summed E-state index contributed by atoms with van der Waals surface area (Å²) in [5, 5.41) is 10.3. The SMILES string of the molecule is CC(O)Cn1ccc2ccc(F)c(Cl)c21. The predicted octanol–water partition coefficient (Wildman–Crippen LogP) is 2.81. The third kappa shape index (κ3) is 1.85. The van der Waals surface area contributed by atoms with Crippen LogP contribution in [0.25, 0.3) is 10.9 Å². The number of aromatic nitrogens is 1. The molecular formula is C11H11ClFNO. The van der Waals surface area contributed by atoms with Crippen molar-refractivity contribution >= 4 is 22.5 Å². The topological polar surface area (TPSA) is 25.2 Å². The van der Waals surface area contributed by atoms with Gasteiger partial charge in [0.05, 0.1) is 11.6 Å². The zero-order chi connectivity index (χ0) is 11.0. The second-order valence-corrected chi connectivity index (χ2v) is 3.99. The summed E-state index contributed by atoms with van der Waals surface area (Å²) in [4.78, 5) is 0. The van der Waals surface area contributed by atoms with Crippen LogP contribution in [0.4, 0.5) is 4.39 Å². The van der Waals surface area contributed by atoms with Gasteiger partial charge < -0.3 is 9.67 Å². The summed E-state index contributed by atoms with van der Waals surface area (Å²) < 4.78 is 15.0. The molecule has 2 aromatic rings. The van der Waals surface area contributed by atoms with E-state index in [0.29, 0.717) is 12.1 Å². The Bertz CT molecular complexity index is 493. The quantitative estimate of drug-likeness (QED) is 0.839. The van der Waals surface area contributed by atoms with Crippen LogP contribution in [0.15, 0.2) is 24.4 Å². The fraction of sp³-hybridized carbons (Fsp3) is 0.273. The molecule has 1 aromatic carbocycles. The van der Waals surface area contributed by atoms with Gasteiger partial charge in [-0.05, 0) is 25.1 Å². The lowest BCUT2D eigenvalue weighted by Crippen LogP contribution is -2.10. The van der Waals surface area contributed by atoms with Crippen molar-refractivity contribution in [1.29, 1.82) is 0 Å². The van der Waals surface area contributed by atoms with Crippen LogP contribution in [0, 0.1) is 5.82 Å². The van der Waals surface area contributed by atoms with E-state index in [2.05, 4.69) is 0 Å². The lowest BCUT2D eigenvalue weighted by atomic mass is 10.2. The number of hydrogen-bond donors (Lipinski definition) is 1. The molecule has 0 spiro atoms. The zero-order valence-corrected chi connectivity index (χ0v) is 9.00. The molecule has 0 aliphatic rings. The molecule has 0 aliphatic carbocycles. The maximum atomic E-state index is 13.2. The van der Waals surface area contributed by atoms with E-state index in [1.165, 1.54) is 6.07 Å². The van der Waals surface area contributed by atoms with Crippen LogP contribution in [0.3, 0.4) is 0 Å². The average molecular weight is 228 g/mol. The van der Waals surface area contributed by atoms with Crippen LogP contribution < -0.4 is 0 Å². The Labute approximate surface area is 91.9 Å². The number of fused-ring (bicyclic) bond motifs is 1. The van der Waals surface area contributed by atoms with Gasteiger partial charge in [0.25, 0.3) is 0 Å². The molecule has 0 saturated carbocycles. The highest BCUT2D eigenvalue weighted by atomic mass is 35.5. The van der Waals surface area contributed by atoms with Gasteiger partial charge in [0.15, 0.2) is 0 Å². The smallest absolute Gasteiger partial charge is 0.143 e. The first-order valence-corrected chi connectivity index (χ1v) is 5.08. The third-order valence-electron chi connectivity index (χ3n) is 2.28. The average Bonchev–Trinajstić information content (AvgIpc) is 2.55. The van der Waals surface area contributed by atoms with E-state index in [4.69, 9.17) is 11.6 Å². The van der Waals surface area contributed by atoms with E-state index < -0.39 is 11.9 Å². The fourth-order valence-electron chi connectivity index (χ4n) is 1.66. The first-order chi connectivity index (χ1) is 7.09. The van der Waals surface area contributed by atoms with Crippen LogP contribution in [-0.2, 0) is 6.54 Å². The highest BCUT2D eigenvalue weighted by Gasteiger charge is 2.10. The van der Waals surface area contributed by atoms with E-state index >= 15 is 0 Å². The first-order valence-electron chi connectivity index (χ1n) is 4.70. The Morgan fingerprint density at radius 1 is 1.47 bits per heavy atom. The van der Waals surface area contributed by atoms with Gasteiger partial charge in [0.2, 0.25) is 0 Å². The molecule has 80 valence electrons. The normalized spacial score (nSPS) is 13.3. The number of hydrogen-bond acceptors (Lipinski definition) is 1. The minimum atomic E-state index is -0.486. The lowest BCUT2D eigenvalue weighted by Gasteiger charge is -2.08. The maximum absolute atomic E-state index is 13.2. The summed E-state index contributed by atoms with van der Waals surface area (Å²) in [7, 11) is 0. The van der Waals surface area contributed by atoms with E-state index in [1.54, 1.807) is 23.8 Å². The Morgan fingerprint density at radius 2 is 2.20 bits per heavy atom. The molecule has 1 unspecified atom stereocenters. The van der Waals surface area contributed by atoms with Gasteiger partial charge in [-0.1, -0.05) is 11.6 Å². The van der Waals surface area contributed by atoms with Gasteiger partial charge >= 0.3 is 0 Å². The molecule has 0 radical (unpaired) electrons. The van der Waals surface area contributed by atoms with E-state index in [9.17, 15) is 9.50 Å². The Kier molecular flexibility index (Phi) is 2.67. The van der Waals surface area contributed by atoms with Crippen molar-refractivity contribution in [3.8, 4) is 0 Å².